The average molecular weight is 125 g/mol. The highest BCUT2D eigenvalue weighted by Gasteiger charge is 2.30. The number of hydrogen-bond donors (Lipinski definition) is 1. The van der Waals surface area contributed by atoms with E-state index in [1.54, 1.807) is 0 Å². The van der Waals surface area contributed by atoms with Gasteiger partial charge in [0.1, 0.15) is 0 Å². The zero-order valence-electron chi connectivity index (χ0n) is 4.24. The van der Waals surface area contributed by atoms with E-state index in [0.717, 1.165) is 0 Å². The number of hydrogen-bond acceptors (Lipinski definition) is 1. The van der Waals surface area contributed by atoms with Crippen molar-refractivity contribution in [1.29, 1.82) is 0 Å². The van der Waals surface area contributed by atoms with Gasteiger partial charge >= 0.3 is 0 Å². The molecule has 1 atom stereocenters. The molecular formula is C3H5BF3O. The van der Waals surface area contributed by atoms with Crippen molar-refractivity contribution in [2.45, 2.75) is 19.2 Å². The van der Waals surface area contributed by atoms with E-state index in [-0.39, 0.29) is 8.41 Å². The van der Waals surface area contributed by atoms with Gasteiger partial charge in [0.2, 0.25) is 0 Å². The van der Waals surface area contributed by atoms with Crippen LogP contribution in [0.4, 0.5) is 13.2 Å². The molecule has 1 nitrogen and oxygen atoms in total. The second-order valence-electron chi connectivity index (χ2n) is 1.32. The Morgan fingerprint density at radius 2 is 1.62 bits per heavy atom. The fraction of sp³-hybridized carbons (Fsp3) is 1.00. The third-order valence-corrected chi connectivity index (χ3v) is 0.398. The van der Waals surface area contributed by atoms with E-state index in [0.29, 0.717) is 6.92 Å². The molecule has 0 aromatic rings. The molecule has 0 aromatic carbocycles. The number of halogens is 3. The maximum absolute atomic E-state index is 11.3. The van der Waals surface area contributed by atoms with Gasteiger partial charge < -0.3 is 5.11 Å². The Labute approximate surface area is 47.1 Å². The monoisotopic (exact) mass is 125 g/mol. The van der Waals surface area contributed by atoms with E-state index in [2.05, 4.69) is 0 Å². The maximum Gasteiger partial charge on any atom is 0.295 e. The van der Waals surface area contributed by atoms with Crippen molar-refractivity contribution >= 4 is 8.41 Å². The molecule has 5 heteroatoms. The Morgan fingerprint density at radius 3 is 1.62 bits per heavy atom. The minimum atomic E-state index is -3.33. The molecule has 0 aliphatic rings. The van der Waals surface area contributed by atoms with Gasteiger partial charge in [-0.25, -0.2) is 13.2 Å². The van der Waals surface area contributed by atoms with Crippen LogP contribution in [-0.4, -0.2) is 25.8 Å². The Bertz CT molecular complexity index is 60.0. The molecule has 47 valence electrons. The molecule has 0 saturated heterocycles. The van der Waals surface area contributed by atoms with E-state index < -0.39 is 12.3 Å². The molecule has 0 fully saturated rings. The van der Waals surface area contributed by atoms with Crippen molar-refractivity contribution < 1.29 is 18.3 Å². The highest BCUT2D eigenvalue weighted by Crippen LogP contribution is 2.14. The standard InChI is InChI=1S/C3H5F3O.B/c1-3(6,7)2(4)5;/h2,7H,1H3;. The minimum Gasteiger partial charge on any atom is -0.358 e. The predicted octanol–water partition coefficient (Wildman–Crippen LogP) is 0.549. The molecule has 0 aromatic heterocycles. The van der Waals surface area contributed by atoms with E-state index >= 15 is 0 Å². The first-order chi connectivity index (χ1) is 2.94. The van der Waals surface area contributed by atoms with Gasteiger partial charge in [-0.1, -0.05) is 0 Å². The smallest absolute Gasteiger partial charge is 0.295 e. The van der Waals surface area contributed by atoms with Crippen LogP contribution in [0.15, 0.2) is 0 Å². The van der Waals surface area contributed by atoms with Crippen LogP contribution in [-0.2, 0) is 0 Å². The highest BCUT2D eigenvalue weighted by molar-refractivity contribution is 5.75. The molecule has 0 aliphatic carbocycles. The van der Waals surface area contributed by atoms with Gasteiger partial charge in [0.25, 0.3) is 12.3 Å². The Hall–Kier alpha value is -0.185. The number of alkyl halides is 3. The SMILES string of the molecule is CC(O)(F)C(F)F.[B]. The van der Waals surface area contributed by atoms with Gasteiger partial charge in [-0.2, -0.15) is 0 Å². The normalized spacial score (nSPS) is 17.2. The molecule has 0 rings (SSSR count). The van der Waals surface area contributed by atoms with Crippen LogP contribution in [0.2, 0.25) is 0 Å². The lowest BCUT2D eigenvalue weighted by atomic mass is 10.4. The summed E-state index contributed by atoms with van der Waals surface area (Å²) < 4.78 is 33.2. The van der Waals surface area contributed by atoms with Gasteiger partial charge in [-0.15, -0.1) is 0 Å². The first-order valence-electron chi connectivity index (χ1n) is 1.64. The lowest BCUT2D eigenvalue weighted by Crippen LogP contribution is -2.26. The summed E-state index contributed by atoms with van der Waals surface area (Å²) in [7, 11) is 0. The molecule has 0 heterocycles. The van der Waals surface area contributed by atoms with Gasteiger partial charge in [0, 0.05) is 15.3 Å². The van der Waals surface area contributed by atoms with Crippen LogP contribution in [0.3, 0.4) is 0 Å². The zero-order valence-corrected chi connectivity index (χ0v) is 4.24. The van der Waals surface area contributed by atoms with E-state index in [4.69, 9.17) is 5.11 Å². The van der Waals surface area contributed by atoms with E-state index in [1.165, 1.54) is 0 Å². The Morgan fingerprint density at radius 1 is 1.50 bits per heavy atom. The quantitative estimate of drug-likeness (QED) is 0.507. The second kappa shape index (κ2) is 2.97. The Kier molecular flexibility index (Phi) is 3.98. The van der Waals surface area contributed by atoms with E-state index in [9.17, 15) is 13.2 Å². The van der Waals surface area contributed by atoms with E-state index in [1.807, 2.05) is 0 Å². The summed E-state index contributed by atoms with van der Waals surface area (Å²) in [6.07, 6.45) is -3.31. The molecule has 0 aliphatic heterocycles. The molecule has 3 radical (unpaired) electrons. The van der Waals surface area contributed by atoms with Crippen LogP contribution in [0, 0.1) is 0 Å². The zero-order chi connectivity index (χ0) is 6.08. The van der Waals surface area contributed by atoms with Gasteiger partial charge in [0.15, 0.2) is 0 Å². The van der Waals surface area contributed by atoms with Gasteiger partial charge in [-0.3, -0.25) is 0 Å². The summed E-state index contributed by atoms with van der Waals surface area (Å²) >= 11 is 0. The number of aliphatic hydroxyl groups is 1. The minimum absolute atomic E-state index is 0. The van der Waals surface area contributed by atoms with Crippen LogP contribution < -0.4 is 0 Å². The van der Waals surface area contributed by atoms with Crippen molar-refractivity contribution in [3.63, 3.8) is 0 Å². The first-order valence-corrected chi connectivity index (χ1v) is 1.64. The third kappa shape index (κ3) is 3.99. The van der Waals surface area contributed by atoms with Gasteiger partial charge in [0.05, 0.1) is 0 Å². The summed E-state index contributed by atoms with van der Waals surface area (Å²) in [5.74, 6) is -3.33. The summed E-state index contributed by atoms with van der Waals surface area (Å²) in [5.41, 5.74) is 0. The topological polar surface area (TPSA) is 20.2 Å². The van der Waals surface area contributed by atoms with Crippen molar-refractivity contribution in [3.8, 4) is 0 Å². The fourth-order valence-electron chi connectivity index (χ4n) is 0. The molecule has 0 saturated carbocycles. The molecular weight excluding hydrogens is 120 g/mol. The highest BCUT2D eigenvalue weighted by atomic mass is 19.3. The molecule has 1 N–H and O–H groups in total. The molecule has 0 amide bonds. The largest absolute Gasteiger partial charge is 0.358 e. The van der Waals surface area contributed by atoms with Crippen LogP contribution in [0.25, 0.3) is 0 Å². The van der Waals surface area contributed by atoms with Crippen LogP contribution in [0.1, 0.15) is 6.92 Å². The molecule has 1 unspecified atom stereocenters. The lowest BCUT2D eigenvalue weighted by Gasteiger charge is -2.08. The lowest BCUT2D eigenvalue weighted by molar-refractivity contribution is -0.172. The maximum atomic E-state index is 11.3. The van der Waals surface area contributed by atoms with Crippen LogP contribution in [0.5, 0.6) is 0 Å². The third-order valence-electron chi connectivity index (χ3n) is 0.398. The summed E-state index contributed by atoms with van der Waals surface area (Å²) in [6, 6.07) is 0. The fourth-order valence-corrected chi connectivity index (χ4v) is 0. The second-order valence-corrected chi connectivity index (χ2v) is 1.32. The molecule has 0 spiro atoms. The van der Waals surface area contributed by atoms with Crippen molar-refractivity contribution in [1.82, 2.24) is 0 Å². The average Bonchev–Trinajstić information content (AvgIpc) is 1.31. The summed E-state index contributed by atoms with van der Waals surface area (Å²) in [5, 5.41) is 7.68. The summed E-state index contributed by atoms with van der Waals surface area (Å²) in [6.45, 7) is 0.400. The molecule has 8 heavy (non-hydrogen) atoms. The predicted molar refractivity (Wildman–Crippen MR) is 23.5 cm³/mol. The van der Waals surface area contributed by atoms with Crippen molar-refractivity contribution in [2.24, 2.45) is 0 Å². The first kappa shape index (κ1) is 10.7. The van der Waals surface area contributed by atoms with Gasteiger partial charge in [-0.05, 0) is 0 Å². The van der Waals surface area contributed by atoms with Crippen LogP contribution >= 0.6 is 0 Å². The summed E-state index contributed by atoms with van der Waals surface area (Å²) in [4.78, 5) is 0. The van der Waals surface area contributed by atoms with Crippen molar-refractivity contribution in [3.05, 3.63) is 0 Å². The Balaban J connectivity index is 0. The van der Waals surface area contributed by atoms with Crippen molar-refractivity contribution in [2.75, 3.05) is 0 Å². The number of rotatable bonds is 1. The molecule has 0 bridgehead atoms.